The molecule has 12 heavy (non-hydrogen) atoms. The van der Waals surface area contributed by atoms with Crippen LogP contribution in [0.4, 0.5) is 0 Å². The molecule has 2 nitrogen and oxygen atoms in total. The van der Waals surface area contributed by atoms with Crippen LogP contribution in [0.25, 0.3) is 0 Å². The fourth-order valence-electron chi connectivity index (χ4n) is 1.46. The molecule has 1 atom stereocenters. The Kier molecular flexibility index (Phi) is 2.52. The normalized spacial score (nSPS) is 33.2. The van der Waals surface area contributed by atoms with Gasteiger partial charge >= 0.3 is 5.97 Å². The monoisotopic (exact) mass is 280 g/mol. The van der Waals surface area contributed by atoms with Gasteiger partial charge in [0.15, 0.2) is 0 Å². The Morgan fingerprint density at radius 3 is 2.50 bits per heavy atom. The van der Waals surface area contributed by atoms with Gasteiger partial charge in [-0.3, -0.25) is 4.79 Å². The Morgan fingerprint density at radius 1 is 1.58 bits per heavy atom. The highest BCUT2D eigenvalue weighted by Crippen LogP contribution is 2.46. The minimum absolute atomic E-state index is 0.145. The van der Waals surface area contributed by atoms with Crippen LogP contribution in [0.5, 0.6) is 0 Å². The minimum Gasteiger partial charge on any atom is -0.480 e. The standard InChI is InChI=1S/C9H13IO2/c1-8(2)5-3-4-6-9(8,10)7(11)12/h4,6H,3,5H2,1-2H3,(H,11,12). The van der Waals surface area contributed by atoms with Gasteiger partial charge in [0.25, 0.3) is 0 Å². The van der Waals surface area contributed by atoms with Crippen molar-refractivity contribution < 1.29 is 9.90 Å². The van der Waals surface area contributed by atoms with Crippen molar-refractivity contribution in [2.24, 2.45) is 5.41 Å². The minimum atomic E-state index is -0.732. The summed E-state index contributed by atoms with van der Waals surface area (Å²) < 4.78 is -0.719. The lowest BCUT2D eigenvalue weighted by Gasteiger charge is -2.39. The molecular formula is C9H13IO2. The SMILES string of the molecule is CC1(C)CCC=CC1(I)C(=O)O. The number of halogens is 1. The predicted molar refractivity (Wildman–Crippen MR) is 56.5 cm³/mol. The van der Waals surface area contributed by atoms with E-state index < -0.39 is 9.39 Å². The van der Waals surface area contributed by atoms with E-state index in [9.17, 15) is 4.79 Å². The summed E-state index contributed by atoms with van der Waals surface area (Å²) in [7, 11) is 0. The van der Waals surface area contributed by atoms with Gasteiger partial charge in [-0.15, -0.1) is 0 Å². The van der Waals surface area contributed by atoms with Crippen molar-refractivity contribution in [2.45, 2.75) is 30.1 Å². The Labute approximate surface area is 86.2 Å². The summed E-state index contributed by atoms with van der Waals surface area (Å²) in [4.78, 5) is 11.0. The summed E-state index contributed by atoms with van der Waals surface area (Å²) in [5, 5.41) is 9.07. The summed E-state index contributed by atoms with van der Waals surface area (Å²) in [6, 6.07) is 0. The lowest BCUT2D eigenvalue weighted by molar-refractivity contribution is -0.140. The molecule has 0 aromatic carbocycles. The molecule has 0 bridgehead atoms. The molecule has 0 amide bonds. The molecule has 1 aliphatic rings. The van der Waals surface area contributed by atoms with Crippen molar-refractivity contribution in [3.05, 3.63) is 12.2 Å². The lowest BCUT2D eigenvalue weighted by atomic mass is 9.72. The van der Waals surface area contributed by atoms with Gasteiger partial charge in [-0.1, -0.05) is 48.6 Å². The molecule has 68 valence electrons. The van der Waals surface area contributed by atoms with Crippen molar-refractivity contribution in [1.82, 2.24) is 0 Å². The van der Waals surface area contributed by atoms with Crippen molar-refractivity contribution >= 4 is 28.6 Å². The summed E-state index contributed by atoms with van der Waals surface area (Å²) >= 11 is 2.04. The highest BCUT2D eigenvalue weighted by atomic mass is 127. The fourth-order valence-corrected chi connectivity index (χ4v) is 1.98. The van der Waals surface area contributed by atoms with Crippen LogP contribution in [0, 0.1) is 5.41 Å². The highest BCUT2D eigenvalue weighted by molar-refractivity contribution is 14.1. The van der Waals surface area contributed by atoms with E-state index in [0.717, 1.165) is 12.8 Å². The van der Waals surface area contributed by atoms with E-state index in [2.05, 4.69) is 0 Å². The van der Waals surface area contributed by atoms with E-state index in [-0.39, 0.29) is 5.41 Å². The van der Waals surface area contributed by atoms with Gasteiger partial charge < -0.3 is 5.11 Å². The third kappa shape index (κ3) is 1.39. The van der Waals surface area contributed by atoms with Gasteiger partial charge in [0.05, 0.1) is 0 Å². The maximum Gasteiger partial charge on any atom is 0.324 e. The molecule has 0 spiro atoms. The third-order valence-corrected chi connectivity index (χ3v) is 4.86. The van der Waals surface area contributed by atoms with Gasteiger partial charge in [0, 0.05) is 0 Å². The van der Waals surface area contributed by atoms with Crippen molar-refractivity contribution in [3.8, 4) is 0 Å². The van der Waals surface area contributed by atoms with E-state index in [4.69, 9.17) is 5.11 Å². The smallest absolute Gasteiger partial charge is 0.324 e. The Hall–Kier alpha value is -0.0600. The second-order valence-corrected chi connectivity index (χ2v) is 5.54. The van der Waals surface area contributed by atoms with Gasteiger partial charge in [-0.05, 0) is 18.3 Å². The zero-order valence-electron chi connectivity index (χ0n) is 7.30. The van der Waals surface area contributed by atoms with Crippen LogP contribution < -0.4 is 0 Å². The first kappa shape index (κ1) is 10.0. The number of allylic oxidation sites excluding steroid dienone is 1. The number of hydrogen-bond acceptors (Lipinski definition) is 1. The summed E-state index contributed by atoms with van der Waals surface area (Å²) in [5.74, 6) is -0.732. The van der Waals surface area contributed by atoms with E-state index in [0.29, 0.717) is 0 Å². The fraction of sp³-hybridized carbons (Fsp3) is 0.667. The average Bonchev–Trinajstić information content (AvgIpc) is 1.95. The maximum absolute atomic E-state index is 11.0. The molecule has 0 saturated carbocycles. The lowest BCUT2D eigenvalue weighted by Crippen LogP contribution is -2.45. The van der Waals surface area contributed by atoms with Crippen molar-refractivity contribution in [3.63, 3.8) is 0 Å². The van der Waals surface area contributed by atoms with Crippen molar-refractivity contribution in [1.29, 1.82) is 0 Å². The van der Waals surface area contributed by atoms with Crippen LogP contribution in [0.15, 0.2) is 12.2 Å². The molecule has 0 aromatic rings. The highest BCUT2D eigenvalue weighted by Gasteiger charge is 2.48. The van der Waals surface area contributed by atoms with Gasteiger partial charge in [0.2, 0.25) is 0 Å². The first-order chi connectivity index (χ1) is 5.40. The number of rotatable bonds is 1. The molecule has 0 aliphatic heterocycles. The number of alkyl halides is 1. The summed E-state index contributed by atoms with van der Waals surface area (Å²) in [5.41, 5.74) is -0.145. The van der Waals surface area contributed by atoms with Crippen LogP contribution in [0.2, 0.25) is 0 Å². The molecule has 1 N–H and O–H groups in total. The molecule has 1 rings (SSSR count). The molecular weight excluding hydrogens is 267 g/mol. The summed E-state index contributed by atoms with van der Waals surface area (Å²) in [6.07, 6.45) is 5.72. The molecule has 1 aliphatic carbocycles. The topological polar surface area (TPSA) is 37.3 Å². The summed E-state index contributed by atoms with van der Waals surface area (Å²) in [6.45, 7) is 4.02. The van der Waals surface area contributed by atoms with Crippen LogP contribution in [-0.2, 0) is 4.79 Å². The van der Waals surface area contributed by atoms with Crippen LogP contribution >= 0.6 is 22.6 Å². The first-order valence-electron chi connectivity index (χ1n) is 4.00. The van der Waals surface area contributed by atoms with Crippen LogP contribution in [-0.4, -0.2) is 14.5 Å². The second-order valence-electron chi connectivity index (χ2n) is 3.84. The number of carbonyl (C=O) groups is 1. The zero-order valence-corrected chi connectivity index (χ0v) is 9.46. The quantitative estimate of drug-likeness (QED) is 0.455. The zero-order chi connectivity index (χ0) is 9.41. The van der Waals surface area contributed by atoms with E-state index in [1.165, 1.54) is 0 Å². The first-order valence-corrected chi connectivity index (χ1v) is 5.08. The number of aliphatic carboxylic acids is 1. The Bertz CT molecular complexity index is 233. The Morgan fingerprint density at radius 2 is 2.17 bits per heavy atom. The van der Waals surface area contributed by atoms with E-state index in [1.54, 1.807) is 0 Å². The van der Waals surface area contributed by atoms with Crippen LogP contribution in [0.1, 0.15) is 26.7 Å². The van der Waals surface area contributed by atoms with Crippen LogP contribution in [0.3, 0.4) is 0 Å². The number of carboxylic acids is 1. The van der Waals surface area contributed by atoms with Gasteiger partial charge in [0.1, 0.15) is 3.42 Å². The largest absolute Gasteiger partial charge is 0.480 e. The van der Waals surface area contributed by atoms with Gasteiger partial charge in [-0.2, -0.15) is 0 Å². The molecule has 1 unspecified atom stereocenters. The van der Waals surface area contributed by atoms with E-state index in [1.807, 2.05) is 48.6 Å². The van der Waals surface area contributed by atoms with Gasteiger partial charge in [-0.25, -0.2) is 0 Å². The number of carboxylic acid groups (broad SMARTS) is 1. The predicted octanol–water partition coefficient (Wildman–Crippen LogP) is 2.62. The third-order valence-electron chi connectivity index (χ3n) is 2.58. The second kappa shape index (κ2) is 3.01. The molecule has 0 heterocycles. The number of hydrogen-bond donors (Lipinski definition) is 1. The molecule has 0 radical (unpaired) electrons. The molecule has 3 heteroatoms. The Balaban J connectivity index is 3.07. The van der Waals surface area contributed by atoms with E-state index >= 15 is 0 Å². The molecule has 0 aromatic heterocycles. The molecule has 0 saturated heterocycles. The molecule has 0 fully saturated rings. The maximum atomic E-state index is 11.0. The van der Waals surface area contributed by atoms with Crippen molar-refractivity contribution in [2.75, 3.05) is 0 Å². The average molecular weight is 280 g/mol.